The van der Waals surface area contributed by atoms with Crippen LogP contribution < -0.4 is 4.90 Å². The van der Waals surface area contributed by atoms with Crippen LogP contribution in [0.2, 0.25) is 0 Å². The number of amides is 1. The molecule has 1 unspecified atom stereocenters. The summed E-state index contributed by atoms with van der Waals surface area (Å²) < 4.78 is 0. The van der Waals surface area contributed by atoms with Crippen LogP contribution in [0.5, 0.6) is 0 Å². The molecule has 1 amide bonds. The third-order valence-electron chi connectivity index (χ3n) is 4.39. The summed E-state index contributed by atoms with van der Waals surface area (Å²) >= 11 is 0. The number of hydrogen-bond acceptors (Lipinski definition) is 3. The summed E-state index contributed by atoms with van der Waals surface area (Å²) in [6.07, 6.45) is 2.73. The molecule has 23 heavy (non-hydrogen) atoms. The van der Waals surface area contributed by atoms with Gasteiger partial charge in [-0.15, -0.1) is 0 Å². The van der Waals surface area contributed by atoms with Gasteiger partial charge in [0.25, 0.3) is 0 Å². The van der Waals surface area contributed by atoms with Crippen molar-refractivity contribution in [1.29, 1.82) is 0 Å². The molecule has 0 spiro atoms. The second kappa shape index (κ2) is 7.27. The van der Waals surface area contributed by atoms with E-state index in [1.54, 1.807) is 6.92 Å². The maximum atomic E-state index is 11.9. The topological polar surface area (TPSA) is 36.4 Å². The van der Waals surface area contributed by atoms with Gasteiger partial charge in [-0.3, -0.25) is 9.78 Å². The van der Waals surface area contributed by atoms with Crippen LogP contribution in [-0.2, 0) is 11.2 Å². The summed E-state index contributed by atoms with van der Waals surface area (Å²) in [7, 11) is 0. The summed E-state index contributed by atoms with van der Waals surface area (Å²) in [6, 6.07) is 16.5. The van der Waals surface area contributed by atoms with Gasteiger partial charge in [-0.2, -0.15) is 0 Å². The molecule has 1 aromatic carbocycles. The third kappa shape index (κ3) is 4.09. The van der Waals surface area contributed by atoms with Crippen molar-refractivity contribution < 1.29 is 4.79 Å². The van der Waals surface area contributed by atoms with E-state index in [2.05, 4.69) is 40.2 Å². The van der Waals surface area contributed by atoms with Crippen molar-refractivity contribution in [2.75, 3.05) is 31.1 Å². The second-order valence-electron chi connectivity index (χ2n) is 6.14. The van der Waals surface area contributed by atoms with Gasteiger partial charge >= 0.3 is 0 Å². The molecule has 0 aliphatic carbocycles. The van der Waals surface area contributed by atoms with Gasteiger partial charge < -0.3 is 9.80 Å². The highest BCUT2D eigenvalue weighted by molar-refractivity contribution is 5.73. The molecular weight excluding hydrogens is 286 g/mol. The highest BCUT2D eigenvalue weighted by Crippen LogP contribution is 2.20. The van der Waals surface area contributed by atoms with Crippen LogP contribution in [0.25, 0.3) is 0 Å². The normalized spacial score (nSPS) is 18.6. The van der Waals surface area contributed by atoms with E-state index < -0.39 is 0 Å². The van der Waals surface area contributed by atoms with Crippen LogP contribution in [0.15, 0.2) is 54.7 Å². The summed E-state index contributed by atoms with van der Waals surface area (Å²) in [6.45, 7) is 5.07. The Bertz CT molecular complexity index is 630. The number of nitrogens with zero attached hydrogens (tertiary/aromatic N) is 3. The maximum Gasteiger partial charge on any atom is 0.219 e. The first-order chi connectivity index (χ1) is 11.2. The molecule has 1 saturated heterocycles. The van der Waals surface area contributed by atoms with E-state index in [1.807, 2.05) is 29.3 Å². The van der Waals surface area contributed by atoms with Gasteiger partial charge in [0.2, 0.25) is 5.91 Å². The fourth-order valence-electron chi connectivity index (χ4n) is 3.21. The zero-order valence-electron chi connectivity index (χ0n) is 13.6. The molecule has 1 atom stereocenters. The summed E-state index contributed by atoms with van der Waals surface area (Å²) in [5.41, 5.74) is 2.32. The lowest BCUT2D eigenvalue weighted by Crippen LogP contribution is -2.34. The maximum absolute atomic E-state index is 11.9. The smallest absolute Gasteiger partial charge is 0.219 e. The van der Waals surface area contributed by atoms with Crippen LogP contribution in [-0.4, -0.2) is 42.0 Å². The SMILES string of the molecule is CC(=O)N1CCN(c2ccccc2)CC(Cc2ccccn2)C1. The van der Waals surface area contributed by atoms with Crippen molar-refractivity contribution in [3.05, 3.63) is 60.4 Å². The van der Waals surface area contributed by atoms with E-state index in [-0.39, 0.29) is 5.91 Å². The van der Waals surface area contributed by atoms with E-state index in [9.17, 15) is 4.79 Å². The minimum Gasteiger partial charge on any atom is -0.369 e. The molecule has 2 heterocycles. The number of anilines is 1. The van der Waals surface area contributed by atoms with Crippen molar-refractivity contribution in [1.82, 2.24) is 9.88 Å². The van der Waals surface area contributed by atoms with Crippen molar-refractivity contribution in [2.45, 2.75) is 13.3 Å². The first-order valence-electron chi connectivity index (χ1n) is 8.18. The number of para-hydroxylation sites is 1. The molecule has 0 N–H and O–H groups in total. The van der Waals surface area contributed by atoms with E-state index in [0.717, 1.165) is 38.3 Å². The molecular formula is C19H23N3O. The Morgan fingerprint density at radius 3 is 2.57 bits per heavy atom. The molecule has 0 radical (unpaired) electrons. The second-order valence-corrected chi connectivity index (χ2v) is 6.14. The van der Waals surface area contributed by atoms with Crippen LogP contribution in [0, 0.1) is 5.92 Å². The van der Waals surface area contributed by atoms with Gasteiger partial charge in [-0.1, -0.05) is 24.3 Å². The van der Waals surface area contributed by atoms with Crippen molar-refractivity contribution in [3.63, 3.8) is 0 Å². The number of carbonyl (C=O) groups is 1. The number of pyridine rings is 1. The summed E-state index contributed by atoms with van der Waals surface area (Å²) in [5, 5.41) is 0. The fourth-order valence-corrected chi connectivity index (χ4v) is 3.21. The largest absolute Gasteiger partial charge is 0.369 e. The summed E-state index contributed by atoms with van der Waals surface area (Å²) in [5.74, 6) is 0.544. The zero-order valence-corrected chi connectivity index (χ0v) is 13.6. The number of aromatic nitrogens is 1. The zero-order chi connectivity index (χ0) is 16.1. The standard InChI is InChI=1S/C19H23N3O/c1-16(23)21-11-12-22(19-8-3-2-4-9-19)15-17(14-21)13-18-7-5-6-10-20-18/h2-10,17H,11-15H2,1H3. The van der Waals surface area contributed by atoms with E-state index in [0.29, 0.717) is 5.92 Å². The van der Waals surface area contributed by atoms with Gasteiger partial charge in [0.05, 0.1) is 0 Å². The highest BCUT2D eigenvalue weighted by Gasteiger charge is 2.24. The quantitative estimate of drug-likeness (QED) is 0.874. The lowest BCUT2D eigenvalue weighted by Gasteiger charge is -2.25. The average molecular weight is 309 g/mol. The van der Waals surface area contributed by atoms with Crippen LogP contribution in [0.3, 0.4) is 0 Å². The minimum absolute atomic E-state index is 0.158. The molecule has 4 nitrogen and oxygen atoms in total. The predicted molar refractivity (Wildman–Crippen MR) is 92.3 cm³/mol. The van der Waals surface area contributed by atoms with E-state index in [4.69, 9.17) is 0 Å². The molecule has 0 saturated carbocycles. The lowest BCUT2D eigenvalue weighted by atomic mass is 10.0. The first-order valence-corrected chi connectivity index (χ1v) is 8.18. The number of benzene rings is 1. The molecule has 4 heteroatoms. The molecule has 1 aliphatic heterocycles. The van der Waals surface area contributed by atoms with Gasteiger partial charge in [0, 0.05) is 50.7 Å². The van der Waals surface area contributed by atoms with Crippen molar-refractivity contribution in [3.8, 4) is 0 Å². The minimum atomic E-state index is 0.158. The Kier molecular flexibility index (Phi) is 4.91. The molecule has 1 fully saturated rings. The van der Waals surface area contributed by atoms with Gasteiger partial charge in [-0.05, 0) is 36.6 Å². The molecule has 120 valence electrons. The van der Waals surface area contributed by atoms with Crippen molar-refractivity contribution in [2.24, 2.45) is 5.92 Å². The number of rotatable bonds is 3. The van der Waals surface area contributed by atoms with Gasteiger partial charge in [-0.25, -0.2) is 0 Å². The van der Waals surface area contributed by atoms with E-state index >= 15 is 0 Å². The highest BCUT2D eigenvalue weighted by atomic mass is 16.2. The molecule has 2 aromatic rings. The van der Waals surface area contributed by atoms with Gasteiger partial charge in [0.1, 0.15) is 0 Å². The Morgan fingerprint density at radius 1 is 1.09 bits per heavy atom. The fraction of sp³-hybridized carbons (Fsp3) is 0.368. The van der Waals surface area contributed by atoms with Crippen molar-refractivity contribution >= 4 is 11.6 Å². The molecule has 3 rings (SSSR count). The van der Waals surface area contributed by atoms with Crippen LogP contribution in [0.4, 0.5) is 5.69 Å². The third-order valence-corrected chi connectivity index (χ3v) is 4.39. The monoisotopic (exact) mass is 309 g/mol. The van der Waals surface area contributed by atoms with Gasteiger partial charge in [0.15, 0.2) is 0 Å². The molecule has 0 bridgehead atoms. The Morgan fingerprint density at radius 2 is 1.87 bits per heavy atom. The Hall–Kier alpha value is -2.36. The Labute approximate surface area is 137 Å². The molecule has 1 aromatic heterocycles. The summed E-state index contributed by atoms with van der Waals surface area (Å²) in [4.78, 5) is 20.7. The van der Waals surface area contributed by atoms with Crippen LogP contribution >= 0.6 is 0 Å². The number of hydrogen-bond donors (Lipinski definition) is 0. The van der Waals surface area contributed by atoms with E-state index in [1.165, 1.54) is 5.69 Å². The first kappa shape index (κ1) is 15.5. The lowest BCUT2D eigenvalue weighted by molar-refractivity contribution is -0.129. The Balaban J connectivity index is 1.78. The molecule has 1 aliphatic rings. The number of carbonyl (C=O) groups excluding carboxylic acids is 1. The predicted octanol–water partition coefficient (Wildman–Crippen LogP) is 2.61. The average Bonchev–Trinajstić information content (AvgIpc) is 2.79. The van der Waals surface area contributed by atoms with Crippen LogP contribution in [0.1, 0.15) is 12.6 Å².